The molecule has 0 aliphatic carbocycles. The topological polar surface area (TPSA) is 72.8 Å². The molecule has 0 aliphatic rings. The van der Waals surface area contributed by atoms with Crippen molar-refractivity contribution in [2.24, 2.45) is 5.10 Å². The highest BCUT2D eigenvalue weighted by atomic mass is 32.1. The Balaban J connectivity index is 1.75. The van der Waals surface area contributed by atoms with Crippen LogP contribution in [0, 0.1) is 6.92 Å². The zero-order chi connectivity index (χ0) is 19.2. The molecule has 0 fully saturated rings. The van der Waals surface area contributed by atoms with Crippen LogP contribution >= 0.6 is 11.3 Å². The molecule has 7 heteroatoms. The Morgan fingerprint density at radius 3 is 2.63 bits per heavy atom. The number of ether oxygens (including phenoxy) is 2. The van der Waals surface area contributed by atoms with Gasteiger partial charge < -0.3 is 9.47 Å². The molecule has 6 nitrogen and oxygen atoms in total. The summed E-state index contributed by atoms with van der Waals surface area (Å²) >= 11 is 1.48. The van der Waals surface area contributed by atoms with Crippen molar-refractivity contribution in [1.29, 1.82) is 0 Å². The van der Waals surface area contributed by atoms with Crippen LogP contribution in [-0.2, 0) is 0 Å². The van der Waals surface area contributed by atoms with E-state index in [1.165, 1.54) is 17.6 Å². The van der Waals surface area contributed by atoms with Gasteiger partial charge in [0, 0.05) is 16.0 Å². The van der Waals surface area contributed by atoms with Gasteiger partial charge in [0.1, 0.15) is 22.2 Å². The quantitative estimate of drug-likeness (QED) is 0.519. The highest BCUT2D eigenvalue weighted by Crippen LogP contribution is 2.27. The van der Waals surface area contributed by atoms with Gasteiger partial charge in [0.2, 0.25) is 0 Å². The van der Waals surface area contributed by atoms with Gasteiger partial charge in [-0.1, -0.05) is 30.3 Å². The van der Waals surface area contributed by atoms with Gasteiger partial charge in [0.15, 0.2) is 0 Å². The summed E-state index contributed by atoms with van der Waals surface area (Å²) in [7, 11) is 3.15. The van der Waals surface area contributed by atoms with E-state index in [1.54, 1.807) is 32.4 Å². The Morgan fingerprint density at radius 1 is 1.15 bits per heavy atom. The molecule has 0 saturated carbocycles. The number of carbonyl (C=O) groups excluding carboxylic acids is 1. The van der Waals surface area contributed by atoms with E-state index in [9.17, 15) is 4.79 Å². The average molecular weight is 381 g/mol. The molecule has 0 atom stereocenters. The van der Waals surface area contributed by atoms with Gasteiger partial charge in [-0.15, -0.1) is 11.3 Å². The predicted octanol–water partition coefficient (Wildman–Crippen LogP) is 3.90. The van der Waals surface area contributed by atoms with Crippen molar-refractivity contribution in [3.8, 4) is 22.1 Å². The minimum absolute atomic E-state index is 0.357. The van der Waals surface area contributed by atoms with Crippen LogP contribution in [0.25, 0.3) is 10.6 Å². The maximum Gasteiger partial charge on any atom is 0.291 e. The lowest BCUT2D eigenvalue weighted by Crippen LogP contribution is -2.19. The number of thiazole rings is 1. The SMILES string of the molecule is COc1ccc(OC)c(/C=N\NC(=O)c2nc(-c3ccccc3)sc2C)c1. The Bertz CT molecular complexity index is 968. The van der Waals surface area contributed by atoms with E-state index in [0.29, 0.717) is 22.8 Å². The van der Waals surface area contributed by atoms with Crippen LogP contribution in [0.2, 0.25) is 0 Å². The number of nitrogens with one attached hydrogen (secondary N) is 1. The molecule has 1 aromatic heterocycles. The summed E-state index contributed by atoms with van der Waals surface area (Å²) in [5.41, 5.74) is 4.56. The summed E-state index contributed by atoms with van der Waals surface area (Å²) in [6.45, 7) is 1.87. The van der Waals surface area contributed by atoms with Gasteiger partial charge in [-0.3, -0.25) is 4.79 Å². The Morgan fingerprint density at radius 2 is 1.93 bits per heavy atom. The molecule has 0 radical (unpaired) electrons. The van der Waals surface area contributed by atoms with Crippen LogP contribution < -0.4 is 14.9 Å². The number of methoxy groups -OCH3 is 2. The van der Waals surface area contributed by atoms with E-state index in [2.05, 4.69) is 15.5 Å². The number of hydrazone groups is 1. The van der Waals surface area contributed by atoms with E-state index < -0.39 is 0 Å². The molecule has 1 heterocycles. The fourth-order valence-corrected chi connectivity index (χ4v) is 3.38. The van der Waals surface area contributed by atoms with Crippen LogP contribution in [0.3, 0.4) is 0 Å². The molecule has 138 valence electrons. The molecule has 2 aromatic carbocycles. The normalized spacial score (nSPS) is 10.8. The minimum Gasteiger partial charge on any atom is -0.497 e. The first kappa shape index (κ1) is 18.6. The summed E-state index contributed by atoms with van der Waals surface area (Å²) < 4.78 is 10.5. The molecule has 0 aliphatic heterocycles. The Hall–Kier alpha value is -3.19. The number of amides is 1. The van der Waals surface area contributed by atoms with Crippen LogP contribution in [0.15, 0.2) is 53.6 Å². The molecule has 0 spiro atoms. The Labute approximate surface area is 161 Å². The van der Waals surface area contributed by atoms with Crippen molar-refractivity contribution in [3.05, 3.63) is 64.7 Å². The minimum atomic E-state index is -0.357. The molecular formula is C20H19N3O3S. The van der Waals surface area contributed by atoms with Gasteiger partial charge in [-0.05, 0) is 25.1 Å². The van der Waals surface area contributed by atoms with Crippen LogP contribution in [0.1, 0.15) is 20.9 Å². The number of hydrogen-bond donors (Lipinski definition) is 1. The summed E-state index contributed by atoms with van der Waals surface area (Å²) in [4.78, 5) is 17.7. The van der Waals surface area contributed by atoms with E-state index in [4.69, 9.17) is 9.47 Å². The lowest BCUT2D eigenvalue weighted by molar-refractivity contribution is 0.0950. The molecule has 27 heavy (non-hydrogen) atoms. The van der Waals surface area contributed by atoms with Crippen molar-refractivity contribution >= 4 is 23.5 Å². The van der Waals surface area contributed by atoms with E-state index in [-0.39, 0.29) is 5.91 Å². The fraction of sp³-hybridized carbons (Fsp3) is 0.150. The van der Waals surface area contributed by atoms with Gasteiger partial charge in [0.25, 0.3) is 5.91 Å². The maximum atomic E-state index is 12.4. The second kappa shape index (κ2) is 8.46. The lowest BCUT2D eigenvalue weighted by atomic mass is 10.2. The number of hydrogen-bond acceptors (Lipinski definition) is 6. The summed E-state index contributed by atoms with van der Waals surface area (Å²) in [6.07, 6.45) is 1.51. The number of rotatable bonds is 6. The monoisotopic (exact) mass is 381 g/mol. The number of carbonyl (C=O) groups is 1. The number of aryl methyl sites for hydroxylation is 1. The molecular weight excluding hydrogens is 362 g/mol. The van der Waals surface area contributed by atoms with Crippen molar-refractivity contribution < 1.29 is 14.3 Å². The van der Waals surface area contributed by atoms with Gasteiger partial charge in [-0.25, -0.2) is 10.4 Å². The van der Waals surface area contributed by atoms with Crippen molar-refractivity contribution in [1.82, 2.24) is 10.4 Å². The molecule has 0 unspecified atom stereocenters. The fourth-order valence-electron chi connectivity index (χ4n) is 2.46. The average Bonchev–Trinajstić information content (AvgIpc) is 3.10. The number of aromatic nitrogens is 1. The van der Waals surface area contributed by atoms with E-state index >= 15 is 0 Å². The lowest BCUT2D eigenvalue weighted by Gasteiger charge is -2.06. The summed E-state index contributed by atoms with van der Waals surface area (Å²) in [5.74, 6) is 0.945. The highest BCUT2D eigenvalue weighted by molar-refractivity contribution is 7.15. The first-order valence-electron chi connectivity index (χ1n) is 8.20. The van der Waals surface area contributed by atoms with Crippen LogP contribution in [0.4, 0.5) is 0 Å². The number of benzene rings is 2. The zero-order valence-electron chi connectivity index (χ0n) is 15.2. The maximum absolute atomic E-state index is 12.4. The van der Waals surface area contributed by atoms with E-state index in [0.717, 1.165) is 15.4 Å². The first-order chi connectivity index (χ1) is 13.1. The molecule has 1 amide bonds. The second-order valence-electron chi connectivity index (χ2n) is 5.60. The molecule has 3 rings (SSSR count). The van der Waals surface area contributed by atoms with Crippen molar-refractivity contribution in [3.63, 3.8) is 0 Å². The standard InChI is InChI=1S/C20H19N3O3S/c1-13-18(22-20(27-13)14-7-5-4-6-8-14)19(24)23-21-12-15-11-16(25-2)9-10-17(15)26-3/h4-12H,1-3H3,(H,23,24)/b21-12-. The predicted molar refractivity (Wildman–Crippen MR) is 107 cm³/mol. The largest absolute Gasteiger partial charge is 0.497 e. The third kappa shape index (κ3) is 4.32. The van der Waals surface area contributed by atoms with E-state index in [1.807, 2.05) is 37.3 Å². The third-order valence-electron chi connectivity index (χ3n) is 3.84. The molecule has 3 aromatic rings. The third-order valence-corrected chi connectivity index (χ3v) is 4.86. The summed E-state index contributed by atoms with van der Waals surface area (Å²) in [5, 5.41) is 4.83. The second-order valence-corrected chi connectivity index (χ2v) is 6.80. The van der Waals surface area contributed by atoms with Crippen LogP contribution in [-0.4, -0.2) is 31.3 Å². The van der Waals surface area contributed by atoms with Crippen molar-refractivity contribution in [2.45, 2.75) is 6.92 Å². The molecule has 1 N–H and O–H groups in total. The zero-order valence-corrected chi connectivity index (χ0v) is 16.0. The Kier molecular flexibility index (Phi) is 5.83. The molecule has 0 bridgehead atoms. The first-order valence-corrected chi connectivity index (χ1v) is 9.02. The van der Waals surface area contributed by atoms with Gasteiger partial charge in [0.05, 0.1) is 20.4 Å². The highest BCUT2D eigenvalue weighted by Gasteiger charge is 2.15. The van der Waals surface area contributed by atoms with Gasteiger partial charge >= 0.3 is 0 Å². The van der Waals surface area contributed by atoms with Crippen molar-refractivity contribution in [2.75, 3.05) is 14.2 Å². The van der Waals surface area contributed by atoms with Gasteiger partial charge in [-0.2, -0.15) is 5.10 Å². The number of nitrogens with zero attached hydrogens (tertiary/aromatic N) is 2. The molecule has 0 saturated heterocycles. The smallest absolute Gasteiger partial charge is 0.291 e. The van der Waals surface area contributed by atoms with Crippen LogP contribution in [0.5, 0.6) is 11.5 Å². The summed E-state index contributed by atoms with van der Waals surface area (Å²) in [6, 6.07) is 15.1.